The van der Waals surface area contributed by atoms with Crippen molar-refractivity contribution in [2.24, 2.45) is 0 Å². The summed E-state index contributed by atoms with van der Waals surface area (Å²) < 4.78 is 90.1. The van der Waals surface area contributed by atoms with Crippen LogP contribution in [0.4, 0.5) is 0 Å². The number of rotatable bonds is 9. The molecule has 4 nitrogen and oxygen atoms in total. The van der Waals surface area contributed by atoms with E-state index in [0.29, 0.717) is 66.9 Å². The second kappa shape index (κ2) is 19.0. The smallest absolute Gasteiger partial charge is 0.148 e. The van der Waals surface area contributed by atoms with Gasteiger partial charge in [-0.05, 0) is 110 Å². The fourth-order valence-corrected chi connectivity index (χ4v) is 8.64. The van der Waals surface area contributed by atoms with Crippen molar-refractivity contribution in [1.82, 2.24) is 14.5 Å². The summed E-state index contributed by atoms with van der Waals surface area (Å²) in [5.41, 5.74) is 9.63. The molecule has 0 saturated carbocycles. The van der Waals surface area contributed by atoms with E-state index in [1.165, 1.54) is 0 Å². The summed E-state index contributed by atoms with van der Waals surface area (Å²) in [5.74, 6) is -2.44. The molecule has 0 aliphatic rings. The van der Waals surface area contributed by atoms with E-state index in [1.807, 2.05) is 95.6 Å². The van der Waals surface area contributed by atoms with Crippen LogP contribution in [0.1, 0.15) is 123 Å². The number of benzene rings is 7. The van der Waals surface area contributed by atoms with Gasteiger partial charge in [0.05, 0.1) is 29.1 Å². The Kier molecular flexibility index (Phi) is 10.2. The number of hydrogen-bond donors (Lipinski definition) is 1. The van der Waals surface area contributed by atoms with Crippen LogP contribution in [0.15, 0.2) is 158 Å². The van der Waals surface area contributed by atoms with Crippen LogP contribution in [0.2, 0.25) is 0 Å². The summed E-state index contributed by atoms with van der Waals surface area (Å²) >= 11 is 0. The second-order valence-corrected chi connectivity index (χ2v) is 19.8. The number of aromatic hydroxyl groups is 1. The van der Waals surface area contributed by atoms with Crippen molar-refractivity contribution < 1.29 is 39.9 Å². The van der Waals surface area contributed by atoms with Crippen LogP contribution < -0.4 is 0 Å². The zero-order chi connectivity index (χ0) is 56.1. The number of fused-ring (bicyclic) bond motifs is 1. The van der Waals surface area contributed by atoms with E-state index in [9.17, 15) is 7.85 Å². The minimum Gasteiger partial charge on any atom is -0.507 e. The number of nitrogens with zero attached hydrogens (tertiary/aromatic N) is 3. The van der Waals surface area contributed by atoms with Crippen LogP contribution >= 0.6 is 0 Å². The van der Waals surface area contributed by atoms with Crippen LogP contribution in [0, 0.1) is 12.9 Å². The van der Waals surface area contributed by atoms with E-state index in [2.05, 4.69) is 47.6 Å². The topological polar surface area (TPSA) is 50.9 Å². The fraction of sp³-hybridized carbons (Fsp3) is 0.238. The minimum absolute atomic E-state index is 0. The molecular formula is C63H62N3OPt-. The van der Waals surface area contributed by atoms with Gasteiger partial charge >= 0.3 is 0 Å². The number of para-hydroxylation sites is 1. The molecule has 5 heteroatoms. The normalized spacial score (nSPS) is 14.6. The van der Waals surface area contributed by atoms with Gasteiger partial charge in [-0.25, -0.2) is 4.98 Å². The van der Waals surface area contributed by atoms with Gasteiger partial charge in [0.15, 0.2) is 0 Å². The van der Waals surface area contributed by atoms with E-state index < -0.39 is 42.2 Å². The zero-order valence-electron chi connectivity index (χ0n) is 50.2. The second-order valence-electron chi connectivity index (χ2n) is 19.8. The third-order valence-electron chi connectivity index (χ3n) is 12.5. The van der Waals surface area contributed by atoms with E-state index in [4.69, 9.17) is 20.9 Å². The molecule has 0 amide bonds. The number of pyridine rings is 1. The molecule has 0 aliphatic heterocycles. The van der Waals surface area contributed by atoms with Crippen LogP contribution in [0.5, 0.6) is 5.75 Å². The van der Waals surface area contributed by atoms with Crippen molar-refractivity contribution in [1.29, 1.82) is 0 Å². The van der Waals surface area contributed by atoms with Gasteiger partial charge < -0.3 is 5.11 Å². The molecule has 0 spiro atoms. The molecular weight excluding hydrogens is 1010 g/mol. The molecule has 68 heavy (non-hydrogen) atoms. The monoisotopic (exact) mass is 1080 g/mol. The first-order valence-corrected chi connectivity index (χ1v) is 22.7. The van der Waals surface area contributed by atoms with Crippen LogP contribution in [-0.2, 0) is 31.9 Å². The standard InChI is InChI=1S/C63H62N3O.Pt/c1-39(2)46-35-52(40(3)4)60(67)55(36-46)61-65-59-51(47-32-48(34-50(33-47)63(9,10)11)56-37-45(29-30-64-56)42-19-14-12-15-20-42)23-18-24-57(59)66(61)58-31-41(5)53(38-54(58)43-21-16-13-17-22-43)44-25-27-49(28-26-44)62(6,7)8;/h12-31,33-40,67H,1-11H3;/q-1;/i5D3,12D,14D,15D,19D,20D,39D,40D;. The molecule has 0 atom stereocenters. The van der Waals surface area contributed by atoms with Gasteiger partial charge in [0.25, 0.3) is 0 Å². The van der Waals surface area contributed by atoms with E-state index in [-0.39, 0.29) is 66.8 Å². The molecule has 0 saturated heterocycles. The van der Waals surface area contributed by atoms with E-state index >= 15 is 0 Å². The SMILES string of the molecule is [2H]c1c([2H])c([2H])c(-c2ccnc(-c3[c-]c(-c4cccc5c4nc(-c4cc(C([2H])(C)C)cc(C([2H])(C)C)c4O)n5-c4cc(C([2H])([2H])[2H])c(-c5ccc(C(C)(C)C)cc5)cc4-c4ccccc4)cc(C(C)(C)C)c3)c2)c([2H])c1[2H].[Pt]. The first kappa shape index (κ1) is 36.7. The van der Waals surface area contributed by atoms with Gasteiger partial charge in [-0.3, -0.25) is 9.55 Å². The quantitative estimate of drug-likeness (QED) is 0.147. The Balaban J connectivity index is 0.00000803. The molecule has 9 rings (SSSR count). The molecule has 0 radical (unpaired) electrons. The summed E-state index contributed by atoms with van der Waals surface area (Å²) in [7, 11) is 0. The van der Waals surface area contributed by atoms with Crippen LogP contribution in [-0.4, -0.2) is 19.6 Å². The average Bonchev–Trinajstić information content (AvgIpc) is 3.82. The third-order valence-corrected chi connectivity index (χ3v) is 12.5. The number of imidazole rings is 1. The van der Waals surface area contributed by atoms with Gasteiger partial charge in [-0.1, -0.05) is 189 Å². The van der Waals surface area contributed by atoms with Crippen molar-refractivity contribution in [2.45, 2.75) is 98.7 Å². The van der Waals surface area contributed by atoms with Gasteiger partial charge in [0.2, 0.25) is 0 Å². The Morgan fingerprint density at radius 1 is 0.632 bits per heavy atom. The summed E-state index contributed by atoms with van der Waals surface area (Å²) in [5, 5.41) is 12.6. The average molecular weight is 1080 g/mol. The van der Waals surface area contributed by atoms with Crippen LogP contribution in [0.3, 0.4) is 0 Å². The number of phenolic OH excluding ortho intramolecular Hbond substituents is 1. The van der Waals surface area contributed by atoms with Crippen molar-refractivity contribution in [3.8, 4) is 78.6 Å². The molecule has 0 unspecified atom stereocenters. The van der Waals surface area contributed by atoms with Crippen LogP contribution in [0.25, 0.3) is 83.9 Å². The number of hydrogen-bond acceptors (Lipinski definition) is 3. The van der Waals surface area contributed by atoms with Crippen molar-refractivity contribution in [3.63, 3.8) is 0 Å². The van der Waals surface area contributed by atoms with Gasteiger partial charge in [-0.15, -0.1) is 29.3 Å². The van der Waals surface area contributed by atoms with E-state index in [0.717, 1.165) is 22.3 Å². The molecule has 0 fully saturated rings. The Morgan fingerprint density at radius 2 is 1.32 bits per heavy atom. The third kappa shape index (κ3) is 9.41. The Hall–Kier alpha value is -6.35. The maximum atomic E-state index is 12.6. The Labute approximate surface area is 432 Å². The van der Waals surface area contributed by atoms with Crippen molar-refractivity contribution in [3.05, 3.63) is 192 Å². The van der Waals surface area contributed by atoms with E-state index in [1.54, 1.807) is 64.2 Å². The summed E-state index contributed by atoms with van der Waals surface area (Å²) in [6.07, 6.45) is 1.55. The first-order valence-electron chi connectivity index (χ1n) is 27.7. The predicted octanol–water partition coefficient (Wildman–Crippen LogP) is 17.1. The molecule has 0 bridgehead atoms. The molecule has 346 valence electrons. The van der Waals surface area contributed by atoms with Crippen molar-refractivity contribution in [2.75, 3.05) is 0 Å². The Bertz CT molecular complexity index is 3760. The molecule has 9 aromatic rings. The Morgan fingerprint density at radius 3 is 1.99 bits per heavy atom. The fourth-order valence-electron chi connectivity index (χ4n) is 8.64. The number of aryl methyl sites for hydroxylation is 1. The first-order chi connectivity index (χ1) is 35.8. The predicted molar refractivity (Wildman–Crippen MR) is 282 cm³/mol. The minimum atomic E-state index is -2.60. The number of aromatic nitrogens is 3. The number of phenols is 1. The largest absolute Gasteiger partial charge is 0.507 e. The van der Waals surface area contributed by atoms with Gasteiger partial charge in [0.1, 0.15) is 11.6 Å². The summed E-state index contributed by atoms with van der Waals surface area (Å²) in [4.78, 5) is 10.2. The molecule has 2 heterocycles. The summed E-state index contributed by atoms with van der Waals surface area (Å²) in [6.45, 7) is 16.9. The summed E-state index contributed by atoms with van der Waals surface area (Å²) in [6, 6.07) is 39.5. The molecule has 2 aromatic heterocycles. The zero-order valence-corrected chi connectivity index (χ0v) is 42.5. The maximum absolute atomic E-state index is 12.6. The molecule has 0 aliphatic carbocycles. The van der Waals surface area contributed by atoms with Gasteiger partial charge in [-0.2, -0.15) is 0 Å². The molecule has 7 aromatic carbocycles. The van der Waals surface area contributed by atoms with Gasteiger partial charge in [0, 0.05) is 45.4 Å². The maximum Gasteiger partial charge on any atom is 0.148 e. The van der Waals surface area contributed by atoms with Crippen molar-refractivity contribution >= 4 is 11.0 Å². The molecule has 1 N–H and O–H groups in total.